The van der Waals surface area contributed by atoms with Crippen LogP contribution >= 0.6 is 0 Å². The van der Waals surface area contributed by atoms with Gasteiger partial charge in [-0.25, -0.2) is 8.78 Å². The highest BCUT2D eigenvalue weighted by Gasteiger charge is 2.20. The molecule has 1 N–H and O–H groups in total. The third-order valence-electron chi connectivity index (χ3n) is 3.08. The number of hydrogen-bond acceptors (Lipinski definition) is 1. The van der Waals surface area contributed by atoms with E-state index in [0.717, 1.165) is 0 Å². The van der Waals surface area contributed by atoms with E-state index in [0.29, 0.717) is 11.1 Å². The Labute approximate surface area is 105 Å². The number of halogens is 2. The Kier molecular flexibility index (Phi) is 3.72. The van der Waals surface area contributed by atoms with Gasteiger partial charge in [-0.3, -0.25) is 0 Å². The molecule has 0 amide bonds. The first-order valence-electron chi connectivity index (χ1n) is 5.77. The zero-order valence-electron chi connectivity index (χ0n) is 9.98. The summed E-state index contributed by atoms with van der Waals surface area (Å²) in [6.45, 7) is 1.74. The van der Waals surface area contributed by atoms with Gasteiger partial charge < -0.3 is 5.11 Å². The van der Waals surface area contributed by atoms with Gasteiger partial charge in [0.05, 0.1) is 6.10 Å². The fourth-order valence-corrected chi connectivity index (χ4v) is 1.96. The average molecular weight is 248 g/mol. The lowest BCUT2D eigenvalue weighted by Crippen LogP contribution is -2.09. The van der Waals surface area contributed by atoms with Crippen LogP contribution in [0.25, 0.3) is 0 Å². The van der Waals surface area contributed by atoms with E-state index >= 15 is 0 Å². The summed E-state index contributed by atoms with van der Waals surface area (Å²) in [5.41, 5.74) is 1.03. The summed E-state index contributed by atoms with van der Waals surface area (Å²) in [5, 5.41) is 10.2. The van der Waals surface area contributed by atoms with E-state index < -0.39 is 12.0 Å². The molecule has 3 heteroatoms. The Balaban J connectivity index is 2.26. The van der Waals surface area contributed by atoms with E-state index in [1.165, 1.54) is 30.3 Å². The second kappa shape index (κ2) is 5.27. The first-order valence-corrected chi connectivity index (χ1v) is 5.77. The molecule has 1 nitrogen and oxygen atoms in total. The molecule has 0 saturated heterocycles. The molecule has 0 aromatic heterocycles. The van der Waals surface area contributed by atoms with E-state index in [9.17, 15) is 13.9 Å². The Hall–Kier alpha value is -1.74. The zero-order chi connectivity index (χ0) is 13.1. The monoisotopic (exact) mass is 248 g/mol. The summed E-state index contributed by atoms with van der Waals surface area (Å²) in [7, 11) is 0. The first-order chi connectivity index (χ1) is 8.59. The molecule has 2 rings (SSSR count). The Morgan fingerprint density at radius 2 is 1.56 bits per heavy atom. The molecular formula is C15H14F2O. The minimum Gasteiger partial charge on any atom is -0.388 e. The van der Waals surface area contributed by atoms with Crippen LogP contribution in [0.5, 0.6) is 0 Å². The van der Waals surface area contributed by atoms with Crippen LogP contribution in [0.15, 0.2) is 48.5 Å². The van der Waals surface area contributed by atoms with Gasteiger partial charge in [-0.15, -0.1) is 0 Å². The molecule has 0 saturated carbocycles. The minimum absolute atomic E-state index is 0.342. The number of aliphatic hydroxyl groups is 1. The van der Waals surface area contributed by atoms with Gasteiger partial charge in [-0.1, -0.05) is 37.3 Å². The molecule has 2 aromatic rings. The average Bonchev–Trinajstić information content (AvgIpc) is 2.38. The lowest BCUT2D eigenvalue weighted by atomic mass is 9.90. The molecule has 18 heavy (non-hydrogen) atoms. The quantitative estimate of drug-likeness (QED) is 0.875. The van der Waals surface area contributed by atoms with E-state index in [1.807, 2.05) is 0 Å². The van der Waals surface area contributed by atoms with Crippen LogP contribution in [0.2, 0.25) is 0 Å². The first kappa shape index (κ1) is 12.7. The van der Waals surface area contributed by atoms with Gasteiger partial charge in [0.15, 0.2) is 0 Å². The van der Waals surface area contributed by atoms with Gasteiger partial charge in [-0.05, 0) is 29.3 Å². The van der Waals surface area contributed by atoms with Crippen LogP contribution < -0.4 is 0 Å². The highest BCUT2D eigenvalue weighted by atomic mass is 19.1. The fraction of sp³-hybridized carbons (Fsp3) is 0.200. The fourth-order valence-electron chi connectivity index (χ4n) is 1.96. The Morgan fingerprint density at radius 1 is 0.944 bits per heavy atom. The molecular weight excluding hydrogens is 234 g/mol. The van der Waals surface area contributed by atoms with Gasteiger partial charge in [0, 0.05) is 5.92 Å². The Morgan fingerprint density at radius 3 is 2.17 bits per heavy atom. The maximum atomic E-state index is 13.6. The number of benzene rings is 2. The van der Waals surface area contributed by atoms with Gasteiger partial charge in [0.2, 0.25) is 0 Å². The summed E-state index contributed by atoms with van der Waals surface area (Å²) in [5.74, 6) is -1.09. The van der Waals surface area contributed by atoms with Crippen molar-refractivity contribution in [1.82, 2.24) is 0 Å². The largest absolute Gasteiger partial charge is 0.388 e. The molecule has 0 aliphatic heterocycles. The topological polar surface area (TPSA) is 20.2 Å². The van der Waals surface area contributed by atoms with Crippen LogP contribution in [-0.2, 0) is 0 Å². The third kappa shape index (κ3) is 2.57. The van der Waals surface area contributed by atoms with Crippen molar-refractivity contribution in [1.29, 1.82) is 0 Å². The second-order valence-corrected chi connectivity index (χ2v) is 4.31. The maximum absolute atomic E-state index is 13.6. The summed E-state index contributed by atoms with van der Waals surface area (Å²) in [4.78, 5) is 0. The van der Waals surface area contributed by atoms with Gasteiger partial charge in [0.1, 0.15) is 11.6 Å². The van der Waals surface area contributed by atoms with Crippen LogP contribution in [-0.4, -0.2) is 5.11 Å². The lowest BCUT2D eigenvalue weighted by Gasteiger charge is -2.20. The van der Waals surface area contributed by atoms with Gasteiger partial charge in [0.25, 0.3) is 0 Å². The molecule has 0 aliphatic carbocycles. The highest BCUT2D eigenvalue weighted by molar-refractivity contribution is 5.27. The van der Waals surface area contributed by atoms with Crippen molar-refractivity contribution in [2.45, 2.75) is 18.9 Å². The van der Waals surface area contributed by atoms with E-state index in [4.69, 9.17) is 0 Å². The van der Waals surface area contributed by atoms with Crippen LogP contribution in [0.4, 0.5) is 8.78 Å². The standard InChI is InChI=1S/C15H14F2O/c1-10(13-4-2-3-5-14(13)17)15(18)11-6-8-12(16)9-7-11/h2-10,15,18H,1H3/t10-,15?/m1/s1. The molecule has 2 atom stereocenters. The van der Waals surface area contributed by atoms with Crippen molar-refractivity contribution in [3.8, 4) is 0 Å². The Bertz CT molecular complexity index is 522. The second-order valence-electron chi connectivity index (χ2n) is 4.31. The predicted octanol–water partition coefficient (Wildman–Crippen LogP) is 3.80. The van der Waals surface area contributed by atoms with Crippen molar-refractivity contribution in [3.63, 3.8) is 0 Å². The van der Waals surface area contributed by atoms with Crippen molar-refractivity contribution in [2.24, 2.45) is 0 Å². The number of hydrogen-bond donors (Lipinski definition) is 1. The highest BCUT2D eigenvalue weighted by Crippen LogP contribution is 2.31. The molecule has 0 radical (unpaired) electrons. The summed E-state index contributed by atoms with van der Waals surface area (Å²) in [6.07, 6.45) is -0.859. The molecule has 2 aromatic carbocycles. The smallest absolute Gasteiger partial charge is 0.126 e. The van der Waals surface area contributed by atoms with Gasteiger partial charge >= 0.3 is 0 Å². The third-order valence-corrected chi connectivity index (χ3v) is 3.08. The minimum atomic E-state index is -0.859. The zero-order valence-corrected chi connectivity index (χ0v) is 9.98. The SMILES string of the molecule is C[C@H](c1ccccc1F)C(O)c1ccc(F)cc1. The van der Waals surface area contributed by atoms with Crippen LogP contribution in [0.3, 0.4) is 0 Å². The summed E-state index contributed by atoms with van der Waals surface area (Å²) >= 11 is 0. The molecule has 0 aliphatic rings. The number of aliphatic hydroxyl groups excluding tert-OH is 1. The summed E-state index contributed by atoms with van der Waals surface area (Å²) in [6, 6.07) is 11.9. The molecule has 0 spiro atoms. The predicted molar refractivity (Wildman–Crippen MR) is 66.2 cm³/mol. The van der Waals surface area contributed by atoms with Crippen LogP contribution in [0, 0.1) is 11.6 Å². The number of rotatable bonds is 3. The van der Waals surface area contributed by atoms with Crippen molar-refractivity contribution < 1.29 is 13.9 Å². The van der Waals surface area contributed by atoms with Crippen LogP contribution in [0.1, 0.15) is 30.1 Å². The normalized spacial score (nSPS) is 14.2. The molecule has 1 unspecified atom stereocenters. The molecule has 0 heterocycles. The van der Waals surface area contributed by atoms with Gasteiger partial charge in [-0.2, -0.15) is 0 Å². The summed E-state index contributed by atoms with van der Waals surface area (Å²) < 4.78 is 26.4. The molecule has 0 bridgehead atoms. The van der Waals surface area contributed by atoms with Crippen molar-refractivity contribution >= 4 is 0 Å². The van der Waals surface area contributed by atoms with Crippen molar-refractivity contribution in [3.05, 3.63) is 71.3 Å². The van der Waals surface area contributed by atoms with E-state index in [2.05, 4.69) is 0 Å². The molecule has 0 fully saturated rings. The van der Waals surface area contributed by atoms with E-state index in [1.54, 1.807) is 25.1 Å². The van der Waals surface area contributed by atoms with Crippen molar-refractivity contribution in [2.75, 3.05) is 0 Å². The maximum Gasteiger partial charge on any atom is 0.126 e. The molecule has 94 valence electrons. The lowest BCUT2D eigenvalue weighted by molar-refractivity contribution is 0.150. The van der Waals surface area contributed by atoms with E-state index in [-0.39, 0.29) is 11.6 Å².